The minimum Gasteiger partial charge on any atom is -0.467 e. The molecule has 0 radical (unpaired) electrons. The number of nitrogens with zero attached hydrogens (tertiary/aromatic N) is 2. The Morgan fingerprint density at radius 1 is 1.42 bits per heavy atom. The van der Waals surface area contributed by atoms with Crippen LogP contribution in [0.3, 0.4) is 0 Å². The Balaban J connectivity index is 1.39. The van der Waals surface area contributed by atoms with Crippen LogP contribution in [0.15, 0.2) is 29.0 Å². The molecule has 1 N–H and O–H groups in total. The second-order valence-electron chi connectivity index (χ2n) is 6.76. The molecule has 2 unspecified atom stereocenters. The van der Waals surface area contributed by atoms with Crippen LogP contribution >= 0.6 is 11.3 Å². The molecule has 0 amide bonds. The van der Waals surface area contributed by atoms with Gasteiger partial charge in [-0.2, -0.15) is 0 Å². The molecule has 4 rings (SSSR count). The van der Waals surface area contributed by atoms with Crippen LogP contribution in [-0.2, 0) is 11.3 Å². The number of ether oxygens (including phenoxy) is 1. The first kappa shape index (κ1) is 16.3. The molecule has 130 valence electrons. The van der Waals surface area contributed by atoms with Gasteiger partial charge in [-0.3, -0.25) is 4.90 Å². The van der Waals surface area contributed by atoms with Gasteiger partial charge in [0.2, 0.25) is 0 Å². The second kappa shape index (κ2) is 7.35. The molecule has 2 aromatic rings. The van der Waals surface area contributed by atoms with Crippen LogP contribution < -0.4 is 0 Å². The molecule has 1 saturated heterocycles. The van der Waals surface area contributed by atoms with Gasteiger partial charge in [0.25, 0.3) is 0 Å². The molecule has 1 aliphatic carbocycles. The average molecular weight is 348 g/mol. The number of aromatic nitrogens is 1. The highest BCUT2D eigenvalue weighted by Crippen LogP contribution is 2.38. The fraction of sp³-hybridized carbons (Fsp3) is 0.611. The van der Waals surface area contributed by atoms with Crippen molar-refractivity contribution in [2.45, 2.75) is 50.3 Å². The molecule has 0 spiro atoms. The number of rotatable bonds is 6. The third kappa shape index (κ3) is 3.57. The summed E-state index contributed by atoms with van der Waals surface area (Å²) < 4.78 is 11.0. The fourth-order valence-corrected chi connectivity index (χ4v) is 4.52. The Morgan fingerprint density at radius 2 is 2.33 bits per heavy atom. The summed E-state index contributed by atoms with van der Waals surface area (Å²) in [5, 5.41) is 11.7. The van der Waals surface area contributed by atoms with Crippen molar-refractivity contribution in [2.24, 2.45) is 0 Å². The molecular formula is C18H24N2O3S. The predicted octanol–water partition coefficient (Wildman–Crippen LogP) is 3.33. The number of aliphatic hydroxyl groups excluding tert-OH is 1. The van der Waals surface area contributed by atoms with Gasteiger partial charge >= 0.3 is 0 Å². The minimum atomic E-state index is -0.582. The van der Waals surface area contributed by atoms with Crippen LogP contribution in [0.2, 0.25) is 0 Å². The maximum Gasteiger partial charge on any atom is 0.132 e. The second-order valence-corrected chi connectivity index (χ2v) is 7.91. The summed E-state index contributed by atoms with van der Waals surface area (Å²) in [6.45, 7) is 3.20. The quantitative estimate of drug-likeness (QED) is 0.868. The summed E-state index contributed by atoms with van der Waals surface area (Å²) in [5.41, 5.74) is 0. The van der Waals surface area contributed by atoms with Crippen LogP contribution in [-0.4, -0.2) is 40.8 Å². The fourth-order valence-electron chi connectivity index (χ4n) is 3.41. The Labute approximate surface area is 146 Å². The molecular weight excluding hydrogens is 324 g/mol. The summed E-state index contributed by atoms with van der Waals surface area (Å²) >= 11 is 1.85. The van der Waals surface area contributed by atoms with Crippen LogP contribution in [0, 0.1) is 0 Å². The number of thiazole rings is 1. The van der Waals surface area contributed by atoms with Crippen LogP contribution in [0.5, 0.6) is 0 Å². The zero-order chi connectivity index (χ0) is 16.4. The van der Waals surface area contributed by atoms with E-state index in [1.54, 1.807) is 6.26 Å². The molecule has 2 atom stereocenters. The predicted molar refractivity (Wildman–Crippen MR) is 92.0 cm³/mol. The van der Waals surface area contributed by atoms with Gasteiger partial charge in [-0.25, -0.2) is 4.98 Å². The van der Waals surface area contributed by atoms with Crippen molar-refractivity contribution in [3.05, 3.63) is 40.2 Å². The van der Waals surface area contributed by atoms with Crippen LogP contribution in [0.4, 0.5) is 0 Å². The summed E-state index contributed by atoms with van der Waals surface area (Å²) in [6, 6.07) is 3.84. The third-order valence-electron chi connectivity index (χ3n) is 5.10. The topological polar surface area (TPSA) is 58.7 Å². The largest absolute Gasteiger partial charge is 0.467 e. The SMILES string of the molecule is OC(CC1COCCN1Cc1cnc(C2CCC2)s1)c1ccco1. The van der Waals surface area contributed by atoms with E-state index >= 15 is 0 Å². The van der Waals surface area contributed by atoms with Gasteiger partial charge in [0.05, 0.1) is 24.5 Å². The van der Waals surface area contributed by atoms with Crippen molar-refractivity contribution in [1.82, 2.24) is 9.88 Å². The van der Waals surface area contributed by atoms with E-state index in [1.807, 2.05) is 29.7 Å². The molecule has 0 aromatic carbocycles. The number of hydrogen-bond donors (Lipinski definition) is 1. The van der Waals surface area contributed by atoms with Crippen molar-refractivity contribution < 1.29 is 14.3 Å². The van der Waals surface area contributed by atoms with E-state index in [1.165, 1.54) is 29.1 Å². The smallest absolute Gasteiger partial charge is 0.132 e. The van der Waals surface area contributed by atoms with Crippen molar-refractivity contribution in [3.63, 3.8) is 0 Å². The zero-order valence-electron chi connectivity index (χ0n) is 13.8. The van der Waals surface area contributed by atoms with E-state index in [0.717, 1.165) is 19.7 Å². The lowest BCUT2D eigenvalue weighted by Crippen LogP contribution is -2.45. The summed E-state index contributed by atoms with van der Waals surface area (Å²) in [4.78, 5) is 8.35. The normalized spacial score (nSPS) is 24.0. The lowest BCUT2D eigenvalue weighted by atomic mass is 9.86. The van der Waals surface area contributed by atoms with Gasteiger partial charge in [0.15, 0.2) is 0 Å². The summed E-state index contributed by atoms with van der Waals surface area (Å²) in [7, 11) is 0. The van der Waals surface area contributed by atoms with Gasteiger partial charge in [0, 0.05) is 36.1 Å². The molecule has 1 aliphatic heterocycles. The highest BCUT2D eigenvalue weighted by atomic mass is 32.1. The first-order valence-electron chi connectivity index (χ1n) is 8.77. The molecule has 5 nitrogen and oxygen atoms in total. The molecule has 0 bridgehead atoms. The first-order valence-corrected chi connectivity index (χ1v) is 9.59. The molecule has 2 aliphatic rings. The van der Waals surface area contributed by atoms with Gasteiger partial charge in [0.1, 0.15) is 11.9 Å². The van der Waals surface area contributed by atoms with Gasteiger partial charge < -0.3 is 14.3 Å². The average Bonchev–Trinajstić information content (AvgIpc) is 3.19. The maximum atomic E-state index is 10.4. The number of aliphatic hydroxyl groups is 1. The number of morpholine rings is 1. The van der Waals surface area contributed by atoms with Gasteiger partial charge in [-0.1, -0.05) is 6.42 Å². The van der Waals surface area contributed by atoms with E-state index in [2.05, 4.69) is 9.88 Å². The highest BCUT2D eigenvalue weighted by molar-refractivity contribution is 7.11. The minimum absolute atomic E-state index is 0.202. The van der Waals surface area contributed by atoms with Crippen molar-refractivity contribution in [1.29, 1.82) is 0 Å². The van der Waals surface area contributed by atoms with E-state index in [0.29, 0.717) is 24.7 Å². The van der Waals surface area contributed by atoms with Gasteiger partial charge in [-0.05, 0) is 31.4 Å². The van der Waals surface area contributed by atoms with E-state index in [4.69, 9.17) is 9.15 Å². The standard InChI is InChI=1S/C18H24N2O3S/c21-16(17-5-2-7-23-17)9-14-12-22-8-6-20(14)11-15-10-19-18(24-15)13-3-1-4-13/h2,5,7,10,13-14,16,21H,1,3-4,6,8-9,11-12H2. The molecule has 1 saturated carbocycles. The van der Waals surface area contributed by atoms with Crippen LogP contribution in [0.1, 0.15) is 53.4 Å². The molecule has 3 heterocycles. The Bertz CT molecular complexity index is 638. The molecule has 2 fully saturated rings. The summed E-state index contributed by atoms with van der Waals surface area (Å²) in [5.74, 6) is 1.33. The lowest BCUT2D eigenvalue weighted by Gasteiger charge is -2.36. The van der Waals surface area contributed by atoms with Crippen molar-refractivity contribution in [3.8, 4) is 0 Å². The van der Waals surface area contributed by atoms with Gasteiger partial charge in [-0.15, -0.1) is 11.3 Å². The van der Waals surface area contributed by atoms with Crippen LogP contribution in [0.25, 0.3) is 0 Å². The highest BCUT2D eigenvalue weighted by Gasteiger charge is 2.28. The number of furan rings is 1. The van der Waals surface area contributed by atoms with E-state index < -0.39 is 6.10 Å². The molecule has 24 heavy (non-hydrogen) atoms. The third-order valence-corrected chi connectivity index (χ3v) is 6.25. The Hall–Kier alpha value is -1.21. The van der Waals surface area contributed by atoms with Crippen molar-refractivity contribution in [2.75, 3.05) is 19.8 Å². The van der Waals surface area contributed by atoms with E-state index in [9.17, 15) is 5.11 Å². The lowest BCUT2D eigenvalue weighted by molar-refractivity contribution is -0.0319. The van der Waals surface area contributed by atoms with E-state index in [-0.39, 0.29) is 6.04 Å². The molecule has 6 heteroatoms. The Kier molecular flexibility index (Phi) is 4.98. The summed E-state index contributed by atoms with van der Waals surface area (Å²) in [6.07, 6.45) is 7.62. The molecule has 2 aromatic heterocycles. The Morgan fingerprint density at radius 3 is 3.08 bits per heavy atom. The monoisotopic (exact) mass is 348 g/mol. The maximum absolute atomic E-state index is 10.4. The first-order chi connectivity index (χ1) is 11.8. The van der Waals surface area contributed by atoms with Crippen molar-refractivity contribution >= 4 is 11.3 Å². The zero-order valence-corrected chi connectivity index (χ0v) is 14.6. The number of hydrogen-bond acceptors (Lipinski definition) is 6.